The molecule has 2 rings (SSSR count). The van der Waals surface area contributed by atoms with E-state index in [9.17, 15) is 4.79 Å². The van der Waals surface area contributed by atoms with E-state index >= 15 is 0 Å². The molecule has 0 bridgehead atoms. The van der Waals surface area contributed by atoms with Crippen LogP contribution >= 0.6 is 0 Å². The number of carbonyl (C=O) groups excluding carboxylic acids is 1. The molecule has 1 aliphatic carbocycles. The predicted molar refractivity (Wildman–Crippen MR) is 129 cm³/mol. The van der Waals surface area contributed by atoms with Crippen LogP contribution in [0.3, 0.4) is 0 Å². The van der Waals surface area contributed by atoms with Gasteiger partial charge in [-0.25, -0.2) is 0 Å². The van der Waals surface area contributed by atoms with E-state index in [-0.39, 0.29) is 38.5 Å². The van der Waals surface area contributed by atoms with Crippen LogP contribution in [0, 0.1) is 10.7 Å². The fraction of sp³-hybridized carbons (Fsp3) is 0.577. The molecule has 0 N–H and O–H groups in total. The molecular weight excluding hydrogens is 471 g/mol. The molecule has 0 saturated heterocycles. The minimum atomic E-state index is -0.359. The van der Waals surface area contributed by atoms with E-state index in [2.05, 4.69) is 50.6 Å². The van der Waals surface area contributed by atoms with Crippen molar-refractivity contribution >= 4 is 25.4 Å². The standard InChI is InChI=1S/C26H36O5Se/c1-8-30-24(27)15-19(2)9-14-32-23-17-21-20(25(3,4)10-11-26(21,5)6)16-22(23)31-18-29-13-12-28-7/h15-17H,8,10-13,18H2,1-7H3/b19-15+. The zero-order chi connectivity index (χ0) is 23.8. The molecule has 0 atom stereocenters. The maximum atomic E-state index is 11.6. The van der Waals surface area contributed by atoms with Crippen LogP contribution < -0.4 is 9.20 Å². The summed E-state index contributed by atoms with van der Waals surface area (Å²) in [6.45, 7) is 14.4. The van der Waals surface area contributed by atoms with Crippen molar-refractivity contribution in [1.29, 1.82) is 0 Å². The summed E-state index contributed by atoms with van der Waals surface area (Å²) in [5, 5.41) is 0. The van der Waals surface area contributed by atoms with Gasteiger partial charge in [-0.3, -0.25) is 0 Å². The Labute approximate surface area is 199 Å². The van der Waals surface area contributed by atoms with Gasteiger partial charge in [0.2, 0.25) is 0 Å². The van der Waals surface area contributed by atoms with Gasteiger partial charge in [-0.15, -0.1) is 0 Å². The summed E-state index contributed by atoms with van der Waals surface area (Å²) in [6.07, 6.45) is 3.72. The van der Waals surface area contributed by atoms with Gasteiger partial charge in [0, 0.05) is 0 Å². The first-order valence-electron chi connectivity index (χ1n) is 11.0. The number of fused-ring (bicyclic) bond motifs is 1. The van der Waals surface area contributed by atoms with Crippen LogP contribution in [0.1, 0.15) is 65.5 Å². The molecule has 0 fully saturated rings. The molecule has 1 aromatic carbocycles. The first kappa shape index (κ1) is 26.5. The molecular formula is C26H36O5Se. The molecule has 0 unspecified atom stereocenters. The summed E-state index contributed by atoms with van der Waals surface area (Å²) in [5.41, 5.74) is 3.60. The monoisotopic (exact) mass is 508 g/mol. The Morgan fingerprint density at radius 3 is 2.41 bits per heavy atom. The van der Waals surface area contributed by atoms with E-state index in [1.807, 2.05) is 6.92 Å². The first-order chi connectivity index (χ1) is 15.1. The molecule has 6 heteroatoms. The van der Waals surface area contributed by atoms with Crippen LogP contribution in [0.15, 0.2) is 23.8 Å². The van der Waals surface area contributed by atoms with E-state index in [1.165, 1.54) is 17.2 Å². The maximum absolute atomic E-state index is 11.6. The van der Waals surface area contributed by atoms with Crippen molar-refractivity contribution in [3.8, 4) is 16.5 Å². The third kappa shape index (κ3) is 7.39. The minimum absolute atomic E-state index is 0.0933. The second-order valence-corrected chi connectivity index (χ2v) is 11.0. The molecule has 0 amide bonds. The molecule has 1 aliphatic rings. The summed E-state index contributed by atoms with van der Waals surface area (Å²) in [6, 6.07) is 4.47. The summed E-state index contributed by atoms with van der Waals surface area (Å²) in [7, 11) is 1.65. The third-order valence-electron chi connectivity index (χ3n) is 5.68. The Morgan fingerprint density at radius 2 is 1.78 bits per heavy atom. The summed E-state index contributed by atoms with van der Waals surface area (Å²) in [5.74, 6) is 3.55. The van der Waals surface area contributed by atoms with E-state index in [1.54, 1.807) is 14.0 Å². The molecule has 5 nitrogen and oxygen atoms in total. The zero-order valence-corrected chi connectivity index (χ0v) is 22.1. The van der Waals surface area contributed by atoms with Crippen LogP contribution in [0.4, 0.5) is 0 Å². The van der Waals surface area contributed by atoms with Crippen molar-refractivity contribution in [2.24, 2.45) is 0 Å². The molecule has 0 aliphatic heterocycles. The summed E-state index contributed by atoms with van der Waals surface area (Å²) < 4.78 is 22.7. The van der Waals surface area contributed by atoms with Crippen molar-refractivity contribution in [3.63, 3.8) is 0 Å². The number of hydrogen-bond donors (Lipinski definition) is 0. The topological polar surface area (TPSA) is 54.0 Å². The van der Waals surface area contributed by atoms with Crippen molar-refractivity contribution in [2.75, 3.05) is 33.7 Å². The van der Waals surface area contributed by atoms with Crippen molar-refractivity contribution in [2.45, 2.75) is 65.2 Å². The van der Waals surface area contributed by atoms with Crippen LogP contribution in [0.5, 0.6) is 5.75 Å². The molecule has 0 heterocycles. The Balaban J connectivity index is 2.33. The number of benzene rings is 1. The van der Waals surface area contributed by atoms with Gasteiger partial charge < -0.3 is 0 Å². The second-order valence-electron chi connectivity index (χ2n) is 9.18. The van der Waals surface area contributed by atoms with E-state index in [0.717, 1.165) is 23.1 Å². The van der Waals surface area contributed by atoms with Crippen molar-refractivity contribution in [1.82, 2.24) is 0 Å². The fourth-order valence-electron chi connectivity index (χ4n) is 3.63. The van der Waals surface area contributed by atoms with Crippen molar-refractivity contribution < 1.29 is 23.7 Å². The Kier molecular flexibility index (Phi) is 9.85. The summed E-state index contributed by atoms with van der Waals surface area (Å²) >= 11 is -0.141. The van der Waals surface area contributed by atoms with Gasteiger partial charge in [0.1, 0.15) is 0 Å². The van der Waals surface area contributed by atoms with Gasteiger partial charge in [-0.2, -0.15) is 0 Å². The van der Waals surface area contributed by atoms with Gasteiger partial charge in [0.15, 0.2) is 0 Å². The average molecular weight is 508 g/mol. The SMILES string of the molecule is CCOC(=O)/C=C(\C)C#C[Se]c1cc2c(cc1OCOCCOC)C(C)(C)CCC2(C)C. The van der Waals surface area contributed by atoms with E-state index in [0.29, 0.717) is 25.4 Å². The average Bonchev–Trinajstić information content (AvgIpc) is 2.72. The third-order valence-corrected chi connectivity index (χ3v) is 7.24. The molecule has 32 heavy (non-hydrogen) atoms. The Morgan fingerprint density at radius 1 is 1.12 bits per heavy atom. The van der Waals surface area contributed by atoms with Crippen LogP contribution in [0.25, 0.3) is 0 Å². The number of methoxy groups -OCH3 is 1. The number of esters is 1. The first-order valence-corrected chi connectivity index (χ1v) is 12.7. The fourth-order valence-corrected chi connectivity index (χ4v) is 5.14. The van der Waals surface area contributed by atoms with Crippen LogP contribution in [-0.4, -0.2) is 54.6 Å². The molecule has 0 radical (unpaired) electrons. The van der Waals surface area contributed by atoms with Gasteiger partial charge in [0.05, 0.1) is 0 Å². The zero-order valence-electron chi connectivity index (χ0n) is 20.4. The van der Waals surface area contributed by atoms with Gasteiger partial charge >= 0.3 is 199 Å². The van der Waals surface area contributed by atoms with Crippen LogP contribution in [0.2, 0.25) is 0 Å². The van der Waals surface area contributed by atoms with Gasteiger partial charge in [0.25, 0.3) is 0 Å². The number of hydrogen-bond acceptors (Lipinski definition) is 5. The second kappa shape index (κ2) is 11.9. The number of carbonyl (C=O) groups is 1. The molecule has 0 saturated carbocycles. The van der Waals surface area contributed by atoms with Crippen LogP contribution in [-0.2, 0) is 29.8 Å². The Bertz CT molecular complexity index is 889. The van der Waals surface area contributed by atoms with Gasteiger partial charge in [-0.05, 0) is 0 Å². The molecule has 0 spiro atoms. The number of ether oxygens (including phenoxy) is 4. The molecule has 1 aromatic rings. The number of rotatable bonds is 9. The number of allylic oxidation sites excluding steroid dienone is 1. The summed E-state index contributed by atoms with van der Waals surface area (Å²) in [4.78, 5) is 14.9. The van der Waals surface area contributed by atoms with E-state index in [4.69, 9.17) is 18.9 Å². The van der Waals surface area contributed by atoms with Crippen molar-refractivity contribution in [3.05, 3.63) is 34.9 Å². The van der Waals surface area contributed by atoms with E-state index < -0.39 is 0 Å². The quantitative estimate of drug-likeness (QED) is 0.127. The Hall–Kier alpha value is -1.77. The van der Waals surface area contributed by atoms with Gasteiger partial charge in [-0.1, -0.05) is 0 Å². The normalized spacial score (nSPS) is 16.5. The molecule has 176 valence electrons. The molecule has 0 aromatic heterocycles. The predicted octanol–water partition coefficient (Wildman–Crippen LogP) is 3.83.